The van der Waals surface area contributed by atoms with Gasteiger partial charge in [0.15, 0.2) is 16.6 Å². The number of esters is 1. The fourth-order valence-electron chi connectivity index (χ4n) is 2.60. The van der Waals surface area contributed by atoms with Gasteiger partial charge in [0.05, 0.1) is 12.7 Å². The molecule has 0 aliphatic heterocycles. The molecule has 34 heavy (non-hydrogen) atoms. The average Bonchev–Trinajstić information content (AvgIpc) is 2.67. The second-order valence-corrected chi connectivity index (χ2v) is 21.4. The zero-order chi connectivity index (χ0) is 26.6. The van der Waals surface area contributed by atoms with Gasteiger partial charge in [0, 0.05) is 6.42 Å². The van der Waals surface area contributed by atoms with Gasteiger partial charge in [-0.25, -0.2) is 0 Å². The number of carbonyl (C=O) groups is 1. The lowest BCUT2D eigenvalue weighted by Gasteiger charge is -2.38. The number of rotatable bonds is 12. The molecular weight excluding hydrogens is 456 g/mol. The first-order valence-electron chi connectivity index (χ1n) is 12.8. The molecule has 0 spiro atoms. The van der Waals surface area contributed by atoms with Crippen LogP contribution in [0.5, 0.6) is 0 Å². The molecule has 0 radical (unpaired) electrons. The predicted molar refractivity (Wildman–Crippen MR) is 151 cm³/mol. The van der Waals surface area contributed by atoms with Crippen molar-refractivity contribution in [2.24, 2.45) is 0 Å². The van der Waals surface area contributed by atoms with E-state index >= 15 is 0 Å². The SMILES string of the molecule is CCOC(=O)CCC[C@@H](C#C/C=C/C=C/[C@@H](CC)O[Si](C)(C)C(C)(C)C)O[Si](C)(C)C(C)(C)C. The lowest BCUT2D eigenvalue weighted by atomic mass is 10.1. The van der Waals surface area contributed by atoms with E-state index in [2.05, 4.69) is 92.6 Å². The first kappa shape index (κ1) is 32.9. The largest absolute Gasteiger partial charge is 0.466 e. The van der Waals surface area contributed by atoms with Gasteiger partial charge >= 0.3 is 5.97 Å². The van der Waals surface area contributed by atoms with E-state index < -0.39 is 16.6 Å². The molecule has 0 N–H and O–H groups in total. The van der Waals surface area contributed by atoms with Crippen LogP contribution in [0.15, 0.2) is 24.3 Å². The minimum Gasteiger partial charge on any atom is -0.466 e. The lowest BCUT2D eigenvalue weighted by molar-refractivity contribution is -0.143. The van der Waals surface area contributed by atoms with E-state index in [9.17, 15) is 4.79 Å². The molecule has 0 aliphatic rings. The molecule has 0 aromatic heterocycles. The number of ether oxygens (including phenoxy) is 1. The predicted octanol–water partition coefficient (Wildman–Crippen LogP) is 8.03. The summed E-state index contributed by atoms with van der Waals surface area (Å²) in [4.78, 5) is 11.7. The molecule has 4 nitrogen and oxygen atoms in total. The normalized spacial score (nSPS) is 15.3. The third kappa shape index (κ3) is 12.5. The molecule has 0 aliphatic carbocycles. The van der Waals surface area contributed by atoms with Gasteiger partial charge in [-0.3, -0.25) is 4.79 Å². The standard InChI is InChI=1S/C28H52O4Si2/c1-13-24(31-33(9,10)27(3,4)5)20-17-15-16-18-21-25(22-19-23-26(29)30-14-2)32-34(11,12)28(6,7)8/h15-17,20,24-25H,13-14,19,22-23H2,1-12H3/b16-15+,20-17+/t24-,25-/m1/s1. The first-order valence-corrected chi connectivity index (χ1v) is 18.6. The second kappa shape index (κ2) is 14.4. The van der Waals surface area contributed by atoms with Crippen molar-refractivity contribution in [2.45, 2.75) is 130 Å². The van der Waals surface area contributed by atoms with E-state index in [-0.39, 0.29) is 28.3 Å². The van der Waals surface area contributed by atoms with E-state index in [1.165, 1.54) is 0 Å². The van der Waals surface area contributed by atoms with E-state index in [4.69, 9.17) is 13.6 Å². The molecule has 0 unspecified atom stereocenters. The molecule has 6 heteroatoms. The van der Waals surface area contributed by atoms with Gasteiger partial charge in [0.1, 0.15) is 6.10 Å². The quantitative estimate of drug-likeness (QED) is 0.116. The van der Waals surface area contributed by atoms with Crippen LogP contribution in [0.1, 0.15) is 81.1 Å². The van der Waals surface area contributed by atoms with Gasteiger partial charge in [-0.15, -0.1) is 0 Å². The summed E-state index contributed by atoms with van der Waals surface area (Å²) in [6.07, 6.45) is 10.7. The molecule has 0 aromatic rings. The smallest absolute Gasteiger partial charge is 0.305 e. The maximum atomic E-state index is 11.7. The second-order valence-electron chi connectivity index (χ2n) is 11.9. The van der Waals surface area contributed by atoms with Crippen molar-refractivity contribution in [3.05, 3.63) is 24.3 Å². The highest BCUT2D eigenvalue weighted by molar-refractivity contribution is 6.74. The maximum absolute atomic E-state index is 11.7. The van der Waals surface area contributed by atoms with Crippen LogP contribution in [0.25, 0.3) is 0 Å². The monoisotopic (exact) mass is 508 g/mol. The highest BCUT2D eigenvalue weighted by Gasteiger charge is 2.39. The molecule has 0 fully saturated rings. The molecule has 2 atom stereocenters. The third-order valence-corrected chi connectivity index (χ3v) is 15.9. The Hall–Kier alpha value is -1.14. The van der Waals surface area contributed by atoms with E-state index in [1.54, 1.807) is 0 Å². The Morgan fingerprint density at radius 2 is 1.47 bits per heavy atom. The molecule has 0 rings (SSSR count). The summed E-state index contributed by atoms with van der Waals surface area (Å²) in [5, 5.41) is 0.300. The van der Waals surface area contributed by atoms with Crippen LogP contribution in [-0.4, -0.2) is 41.4 Å². The highest BCUT2D eigenvalue weighted by atomic mass is 28.4. The topological polar surface area (TPSA) is 44.8 Å². The van der Waals surface area contributed by atoms with Crippen molar-refractivity contribution in [2.75, 3.05) is 6.61 Å². The van der Waals surface area contributed by atoms with Crippen molar-refractivity contribution < 1.29 is 18.4 Å². The van der Waals surface area contributed by atoms with Gasteiger partial charge in [-0.05, 0) is 68.5 Å². The molecule has 0 amide bonds. The molecule has 0 saturated heterocycles. The summed E-state index contributed by atoms with van der Waals surface area (Å²) in [6, 6.07) is 0. The van der Waals surface area contributed by atoms with E-state index in [1.807, 2.05) is 25.2 Å². The Morgan fingerprint density at radius 1 is 0.912 bits per heavy atom. The van der Waals surface area contributed by atoms with Gasteiger partial charge < -0.3 is 13.6 Å². The van der Waals surface area contributed by atoms with Gasteiger partial charge in [0.2, 0.25) is 0 Å². The zero-order valence-corrected chi connectivity index (χ0v) is 26.1. The number of hydrogen-bond acceptors (Lipinski definition) is 4. The van der Waals surface area contributed by atoms with Crippen molar-refractivity contribution in [3.63, 3.8) is 0 Å². The van der Waals surface area contributed by atoms with Crippen LogP contribution in [0.4, 0.5) is 0 Å². The molecule has 0 heterocycles. The van der Waals surface area contributed by atoms with Crippen LogP contribution in [0.3, 0.4) is 0 Å². The zero-order valence-electron chi connectivity index (χ0n) is 24.1. The summed E-state index contributed by atoms with van der Waals surface area (Å²) in [5.74, 6) is 6.28. The fraction of sp³-hybridized carbons (Fsp3) is 0.750. The van der Waals surface area contributed by atoms with Crippen LogP contribution in [-0.2, 0) is 18.4 Å². The molecule has 0 bridgehead atoms. The Balaban J connectivity index is 5.20. The first-order chi connectivity index (χ1) is 15.5. The van der Waals surface area contributed by atoms with Crippen LogP contribution in [0.2, 0.25) is 36.3 Å². The minimum atomic E-state index is -1.96. The molecule has 196 valence electrons. The Morgan fingerprint density at radius 3 is 1.97 bits per heavy atom. The Bertz CT molecular complexity index is 728. The van der Waals surface area contributed by atoms with Crippen molar-refractivity contribution in [1.29, 1.82) is 0 Å². The van der Waals surface area contributed by atoms with Gasteiger partial charge in [-0.2, -0.15) is 0 Å². The van der Waals surface area contributed by atoms with E-state index in [0.717, 1.165) is 12.8 Å². The van der Waals surface area contributed by atoms with Gasteiger partial charge in [-0.1, -0.05) is 78.5 Å². The summed E-state index contributed by atoms with van der Waals surface area (Å²) in [7, 11) is -3.76. The lowest BCUT2D eigenvalue weighted by Crippen LogP contribution is -2.43. The van der Waals surface area contributed by atoms with Crippen molar-refractivity contribution >= 4 is 22.6 Å². The van der Waals surface area contributed by atoms with Crippen LogP contribution >= 0.6 is 0 Å². The third-order valence-electron chi connectivity index (χ3n) is 6.91. The minimum absolute atomic E-state index is 0.103. The van der Waals surface area contributed by atoms with E-state index in [0.29, 0.717) is 19.4 Å². The van der Waals surface area contributed by atoms with Crippen molar-refractivity contribution in [3.8, 4) is 11.8 Å². The highest BCUT2D eigenvalue weighted by Crippen LogP contribution is 2.38. The summed E-state index contributed by atoms with van der Waals surface area (Å²) in [6.45, 7) is 26.9. The average molecular weight is 509 g/mol. The van der Waals surface area contributed by atoms with Gasteiger partial charge in [0.25, 0.3) is 0 Å². The maximum Gasteiger partial charge on any atom is 0.305 e. The summed E-state index contributed by atoms with van der Waals surface area (Å²) in [5.41, 5.74) is 0. The number of hydrogen-bond donors (Lipinski definition) is 0. The van der Waals surface area contributed by atoms with Crippen LogP contribution in [0, 0.1) is 11.8 Å². The van der Waals surface area contributed by atoms with Crippen LogP contribution < -0.4 is 0 Å². The molecule has 0 saturated carbocycles. The Kier molecular flexibility index (Phi) is 13.9. The Labute approximate surface area is 213 Å². The fourth-order valence-corrected chi connectivity index (χ4v) is 5.20. The summed E-state index contributed by atoms with van der Waals surface area (Å²) >= 11 is 0. The van der Waals surface area contributed by atoms with Crippen molar-refractivity contribution in [1.82, 2.24) is 0 Å². The molecule has 0 aromatic carbocycles. The summed E-state index contributed by atoms with van der Waals surface area (Å²) < 4.78 is 18.1. The molecular formula is C28H52O4Si2. The number of carbonyl (C=O) groups excluding carboxylic acids is 1. The number of allylic oxidation sites excluding steroid dienone is 3.